The van der Waals surface area contributed by atoms with Crippen molar-refractivity contribution in [2.45, 2.75) is 20.0 Å². The van der Waals surface area contributed by atoms with Gasteiger partial charge in [-0.3, -0.25) is 4.98 Å². The molecule has 1 aromatic carbocycles. The lowest BCUT2D eigenvalue weighted by atomic mass is 10.1. The Morgan fingerprint density at radius 1 is 1.21 bits per heavy atom. The van der Waals surface area contributed by atoms with Gasteiger partial charge in [-0.1, -0.05) is 23.4 Å². The van der Waals surface area contributed by atoms with E-state index in [9.17, 15) is 0 Å². The van der Waals surface area contributed by atoms with Crippen molar-refractivity contribution in [3.8, 4) is 0 Å². The zero-order valence-electron chi connectivity index (χ0n) is 10.6. The quantitative estimate of drug-likeness (QED) is 0.773. The summed E-state index contributed by atoms with van der Waals surface area (Å²) in [6.07, 6.45) is 3.69. The van der Waals surface area contributed by atoms with Gasteiger partial charge in [0.2, 0.25) is 5.89 Å². The molecule has 0 aliphatic rings. The van der Waals surface area contributed by atoms with Crippen molar-refractivity contribution < 1.29 is 4.52 Å². The summed E-state index contributed by atoms with van der Waals surface area (Å²) in [7, 11) is 0. The second-order valence-corrected chi connectivity index (χ2v) is 4.35. The number of fused-ring (bicyclic) bond motifs is 1. The molecule has 5 nitrogen and oxygen atoms in total. The highest BCUT2D eigenvalue weighted by atomic mass is 16.5. The van der Waals surface area contributed by atoms with E-state index in [1.165, 1.54) is 10.9 Å². The van der Waals surface area contributed by atoms with Crippen molar-refractivity contribution in [3.63, 3.8) is 0 Å². The summed E-state index contributed by atoms with van der Waals surface area (Å²) in [5.74, 6) is 1.27. The Morgan fingerprint density at radius 3 is 3.00 bits per heavy atom. The number of benzene rings is 1. The predicted molar refractivity (Wildman–Crippen MR) is 71.3 cm³/mol. The molecule has 3 rings (SSSR count). The van der Waals surface area contributed by atoms with Crippen LogP contribution in [0.5, 0.6) is 0 Å². The number of hydrogen-bond donors (Lipinski definition) is 1. The van der Waals surface area contributed by atoms with Crippen LogP contribution in [0.15, 0.2) is 41.2 Å². The van der Waals surface area contributed by atoms with Gasteiger partial charge in [0.1, 0.15) is 0 Å². The summed E-state index contributed by atoms with van der Waals surface area (Å²) in [5, 5.41) is 9.54. The van der Waals surface area contributed by atoms with Crippen molar-refractivity contribution in [1.29, 1.82) is 0 Å². The molecule has 5 heteroatoms. The number of pyridine rings is 1. The van der Waals surface area contributed by atoms with Crippen LogP contribution in [0.25, 0.3) is 10.8 Å². The van der Waals surface area contributed by atoms with Crippen molar-refractivity contribution >= 4 is 10.8 Å². The van der Waals surface area contributed by atoms with E-state index in [-0.39, 0.29) is 0 Å². The minimum absolute atomic E-state index is 0.591. The van der Waals surface area contributed by atoms with Gasteiger partial charge in [-0.15, -0.1) is 0 Å². The maximum absolute atomic E-state index is 4.93. The van der Waals surface area contributed by atoms with Crippen molar-refractivity contribution in [2.75, 3.05) is 0 Å². The lowest BCUT2D eigenvalue weighted by Crippen LogP contribution is -2.14. The molecule has 0 fully saturated rings. The fourth-order valence-corrected chi connectivity index (χ4v) is 2.07. The first kappa shape index (κ1) is 11.8. The van der Waals surface area contributed by atoms with Gasteiger partial charge in [-0.25, -0.2) is 0 Å². The molecule has 0 saturated heterocycles. The van der Waals surface area contributed by atoms with Gasteiger partial charge >= 0.3 is 0 Å². The zero-order valence-corrected chi connectivity index (χ0v) is 10.6. The van der Waals surface area contributed by atoms with E-state index in [0.717, 1.165) is 11.9 Å². The Kier molecular flexibility index (Phi) is 3.20. The molecule has 0 amide bonds. The number of rotatable bonds is 4. The monoisotopic (exact) mass is 254 g/mol. The molecule has 3 aromatic rings. The normalized spacial score (nSPS) is 11.0. The highest BCUT2D eigenvalue weighted by molar-refractivity contribution is 5.84. The second kappa shape index (κ2) is 5.16. The predicted octanol–water partition coefficient (Wildman–Crippen LogP) is 2.22. The van der Waals surface area contributed by atoms with E-state index in [1.54, 1.807) is 6.92 Å². The van der Waals surface area contributed by atoms with Crippen LogP contribution in [0, 0.1) is 6.92 Å². The smallest absolute Gasteiger partial charge is 0.223 e. The minimum Gasteiger partial charge on any atom is -0.340 e. The van der Waals surface area contributed by atoms with Crippen LogP contribution in [-0.4, -0.2) is 15.1 Å². The van der Waals surface area contributed by atoms with Crippen molar-refractivity contribution in [2.24, 2.45) is 0 Å². The third-order valence-electron chi connectivity index (χ3n) is 2.94. The Balaban J connectivity index is 1.71. The van der Waals surface area contributed by atoms with E-state index in [2.05, 4.69) is 32.6 Å². The summed E-state index contributed by atoms with van der Waals surface area (Å²) in [5.41, 5.74) is 1.24. The van der Waals surface area contributed by atoms with E-state index in [0.29, 0.717) is 18.3 Å². The fourth-order valence-electron chi connectivity index (χ4n) is 2.07. The van der Waals surface area contributed by atoms with Gasteiger partial charge in [0, 0.05) is 31.2 Å². The van der Waals surface area contributed by atoms with Crippen LogP contribution in [0.2, 0.25) is 0 Å². The first-order valence-electron chi connectivity index (χ1n) is 6.14. The maximum atomic E-state index is 4.93. The van der Waals surface area contributed by atoms with Crippen LogP contribution >= 0.6 is 0 Å². The van der Waals surface area contributed by atoms with E-state index in [4.69, 9.17) is 4.52 Å². The topological polar surface area (TPSA) is 63.8 Å². The molecule has 96 valence electrons. The molecule has 0 bridgehead atoms. The Morgan fingerprint density at radius 2 is 2.16 bits per heavy atom. The maximum Gasteiger partial charge on any atom is 0.223 e. The third kappa shape index (κ3) is 2.61. The molecule has 0 radical (unpaired) electrons. The molecule has 19 heavy (non-hydrogen) atoms. The Bertz CT molecular complexity index is 687. The SMILES string of the molecule is Cc1nc(CNCc2cccc3cnccc23)no1. The van der Waals surface area contributed by atoms with Crippen molar-refractivity contribution in [1.82, 2.24) is 20.4 Å². The highest BCUT2D eigenvalue weighted by Crippen LogP contribution is 2.17. The number of aromatic nitrogens is 3. The number of nitrogens with one attached hydrogen (secondary N) is 1. The molecule has 0 spiro atoms. The average molecular weight is 254 g/mol. The van der Waals surface area contributed by atoms with Gasteiger partial charge in [-0.2, -0.15) is 4.98 Å². The first-order chi connectivity index (χ1) is 9.33. The lowest BCUT2D eigenvalue weighted by Gasteiger charge is -2.06. The number of aryl methyl sites for hydroxylation is 1. The molecular formula is C14H14N4O. The highest BCUT2D eigenvalue weighted by Gasteiger charge is 2.03. The second-order valence-electron chi connectivity index (χ2n) is 4.35. The first-order valence-corrected chi connectivity index (χ1v) is 6.14. The van der Waals surface area contributed by atoms with Gasteiger partial charge in [0.25, 0.3) is 0 Å². The largest absolute Gasteiger partial charge is 0.340 e. The summed E-state index contributed by atoms with van der Waals surface area (Å²) < 4.78 is 4.93. The molecule has 0 aliphatic carbocycles. The molecule has 0 unspecified atom stereocenters. The van der Waals surface area contributed by atoms with Gasteiger partial charge in [-0.05, 0) is 17.0 Å². The molecule has 2 heterocycles. The van der Waals surface area contributed by atoms with E-state index >= 15 is 0 Å². The number of hydrogen-bond acceptors (Lipinski definition) is 5. The van der Waals surface area contributed by atoms with E-state index in [1.807, 2.05) is 24.5 Å². The minimum atomic E-state index is 0.591. The zero-order chi connectivity index (χ0) is 13.1. The van der Waals surface area contributed by atoms with Crippen molar-refractivity contribution in [3.05, 3.63) is 53.9 Å². The van der Waals surface area contributed by atoms with Gasteiger partial charge in [0.05, 0.1) is 6.54 Å². The Hall–Kier alpha value is -2.27. The molecule has 0 aliphatic heterocycles. The van der Waals surface area contributed by atoms with Gasteiger partial charge in [0.15, 0.2) is 5.82 Å². The average Bonchev–Trinajstić information content (AvgIpc) is 2.85. The third-order valence-corrected chi connectivity index (χ3v) is 2.94. The summed E-state index contributed by atoms with van der Waals surface area (Å²) in [6.45, 7) is 3.14. The lowest BCUT2D eigenvalue weighted by molar-refractivity contribution is 0.385. The van der Waals surface area contributed by atoms with Crippen LogP contribution in [0.3, 0.4) is 0 Å². The molecule has 0 atom stereocenters. The van der Waals surface area contributed by atoms with Crippen LogP contribution < -0.4 is 5.32 Å². The molecule has 0 saturated carbocycles. The van der Waals surface area contributed by atoms with Crippen LogP contribution in [0.1, 0.15) is 17.3 Å². The van der Waals surface area contributed by atoms with Crippen LogP contribution in [0.4, 0.5) is 0 Å². The summed E-state index contributed by atoms with van der Waals surface area (Å²) in [6, 6.07) is 8.25. The standard InChI is InChI=1S/C14H14N4O/c1-10-17-14(18-19-10)9-16-8-12-4-2-3-11-7-15-6-5-13(11)12/h2-7,16H,8-9H2,1H3. The summed E-state index contributed by atoms with van der Waals surface area (Å²) >= 11 is 0. The summed E-state index contributed by atoms with van der Waals surface area (Å²) in [4.78, 5) is 8.29. The molecule has 1 N–H and O–H groups in total. The van der Waals surface area contributed by atoms with Crippen LogP contribution in [-0.2, 0) is 13.1 Å². The fraction of sp³-hybridized carbons (Fsp3) is 0.214. The van der Waals surface area contributed by atoms with E-state index < -0.39 is 0 Å². The molecular weight excluding hydrogens is 240 g/mol. The molecule has 2 aromatic heterocycles. The Labute approximate surface area is 110 Å². The van der Waals surface area contributed by atoms with Gasteiger partial charge < -0.3 is 9.84 Å². The number of nitrogens with zero attached hydrogens (tertiary/aromatic N) is 3.